The molecule has 22 heavy (non-hydrogen) atoms. The molecule has 0 radical (unpaired) electrons. The quantitative estimate of drug-likeness (QED) is 0.430. The minimum absolute atomic E-state index is 0. The molecule has 0 unspecified atom stereocenters. The number of aliphatic imine (C=N–C) groups is 1. The highest BCUT2D eigenvalue weighted by atomic mass is 127. The number of aromatic nitrogens is 1. The molecule has 1 heterocycles. The summed E-state index contributed by atoms with van der Waals surface area (Å²) in [5, 5.41) is 10.3. The lowest BCUT2D eigenvalue weighted by molar-refractivity contribution is 0.409. The number of rotatable bonds is 6. The maximum Gasteiger partial charge on any atom is 0.191 e. The van der Waals surface area contributed by atoms with Crippen LogP contribution in [0.1, 0.15) is 18.2 Å². The van der Waals surface area contributed by atoms with Gasteiger partial charge in [-0.3, -0.25) is 0 Å². The van der Waals surface area contributed by atoms with Gasteiger partial charge in [-0.15, -0.1) is 24.0 Å². The molecule has 0 saturated heterocycles. The van der Waals surface area contributed by atoms with Crippen LogP contribution in [-0.4, -0.2) is 24.8 Å². The first-order valence-corrected chi connectivity index (χ1v) is 6.86. The zero-order chi connectivity index (χ0) is 14.9. The average molecular weight is 416 g/mol. The van der Waals surface area contributed by atoms with Gasteiger partial charge in [-0.2, -0.15) is 0 Å². The molecular weight excluding hydrogens is 395 g/mol. The van der Waals surface area contributed by atoms with Crippen molar-refractivity contribution < 1.29 is 9.26 Å². The number of ether oxygens (including phenoxy) is 1. The van der Waals surface area contributed by atoms with Crippen molar-refractivity contribution in [2.24, 2.45) is 4.99 Å². The van der Waals surface area contributed by atoms with Crippen molar-refractivity contribution in [1.29, 1.82) is 0 Å². The van der Waals surface area contributed by atoms with Crippen LogP contribution < -0.4 is 15.4 Å². The van der Waals surface area contributed by atoms with Crippen molar-refractivity contribution in [2.75, 3.05) is 13.7 Å². The summed E-state index contributed by atoms with van der Waals surface area (Å²) in [6.07, 6.45) is 1.55. The van der Waals surface area contributed by atoms with E-state index in [4.69, 9.17) is 9.26 Å². The van der Waals surface area contributed by atoms with E-state index in [-0.39, 0.29) is 24.0 Å². The van der Waals surface area contributed by atoms with Gasteiger partial charge >= 0.3 is 0 Å². The largest absolute Gasteiger partial charge is 0.496 e. The molecule has 0 aliphatic heterocycles. The predicted molar refractivity (Wildman–Crippen MR) is 96.6 cm³/mol. The summed E-state index contributed by atoms with van der Waals surface area (Å²) in [6, 6.07) is 9.67. The second kappa shape index (κ2) is 10.0. The number of halogens is 1. The van der Waals surface area contributed by atoms with Crippen LogP contribution in [0.2, 0.25) is 0 Å². The Morgan fingerprint density at radius 2 is 2.09 bits per heavy atom. The van der Waals surface area contributed by atoms with E-state index in [1.165, 1.54) is 0 Å². The molecule has 0 saturated carbocycles. The van der Waals surface area contributed by atoms with Crippen LogP contribution in [0, 0.1) is 0 Å². The number of methoxy groups -OCH3 is 1. The van der Waals surface area contributed by atoms with E-state index < -0.39 is 0 Å². The van der Waals surface area contributed by atoms with Crippen molar-refractivity contribution in [3.8, 4) is 5.75 Å². The number of benzene rings is 1. The van der Waals surface area contributed by atoms with E-state index in [1.807, 2.05) is 37.3 Å². The van der Waals surface area contributed by atoms with Gasteiger partial charge in [0.05, 0.1) is 20.2 Å². The Kier molecular flexibility index (Phi) is 8.34. The first-order valence-electron chi connectivity index (χ1n) is 6.86. The topological polar surface area (TPSA) is 71.7 Å². The second-order valence-corrected chi connectivity index (χ2v) is 4.35. The van der Waals surface area contributed by atoms with Gasteiger partial charge in [-0.1, -0.05) is 23.4 Å². The van der Waals surface area contributed by atoms with E-state index in [2.05, 4.69) is 20.8 Å². The lowest BCUT2D eigenvalue weighted by atomic mass is 10.2. The van der Waals surface area contributed by atoms with Gasteiger partial charge < -0.3 is 19.9 Å². The highest BCUT2D eigenvalue weighted by Crippen LogP contribution is 2.17. The molecule has 7 heteroatoms. The Hall–Kier alpha value is -1.77. The first kappa shape index (κ1) is 18.3. The number of para-hydroxylation sites is 1. The van der Waals surface area contributed by atoms with Crippen LogP contribution in [0.15, 0.2) is 46.1 Å². The van der Waals surface area contributed by atoms with Gasteiger partial charge in [0.1, 0.15) is 17.7 Å². The summed E-state index contributed by atoms with van der Waals surface area (Å²) >= 11 is 0. The zero-order valence-electron chi connectivity index (χ0n) is 12.7. The maximum absolute atomic E-state index is 5.32. The SMILES string of the molecule is CCNC(=NCc1ccccc1OC)NCc1ccon1.I. The molecule has 1 aromatic heterocycles. The minimum atomic E-state index is 0. The molecule has 0 bridgehead atoms. The Labute approximate surface area is 147 Å². The fraction of sp³-hybridized carbons (Fsp3) is 0.333. The van der Waals surface area contributed by atoms with E-state index in [9.17, 15) is 0 Å². The van der Waals surface area contributed by atoms with Gasteiger partial charge in [-0.25, -0.2) is 4.99 Å². The molecule has 2 rings (SSSR count). The van der Waals surface area contributed by atoms with Crippen molar-refractivity contribution in [3.63, 3.8) is 0 Å². The molecule has 2 N–H and O–H groups in total. The van der Waals surface area contributed by atoms with Crippen LogP contribution in [0.5, 0.6) is 5.75 Å². The van der Waals surface area contributed by atoms with Crippen molar-refractivity contribution in [2.45, 2.75) is 20.0 Å². The third kappa shape index (κ3) is 5.55. The normalized spacial score (nSPS) is 10.7. The Morgan fingerprint density at radius 1 is 1.27 bits per heavy atom. The van der Waals surface area contributed by atoms with E-state index >= 15 is 0 Å². The molecule has 0 aliphatic rings. The molecule has 120 valence electrons. The number of guanidine groups is 1. The summed E-state index contributed by atoms with van der Waals surface area (Å²) < 4.78 is 10.1. The van der Waals surface area contributed by atoms with Crippen LogP contribution >= 0.6 is 24.0 Å². The van der Waals surface area contributed by atoms with Gasteiger partial charge in [0.25, 0.3) is 0 Å². The van der Waals surface area contributed by atoms with Gasteiger partial charge in [-0.05, 0) is 13.0 Å². The minimum Gasteiger partial charge on any atom is -0.496 e. The standard InChI is InChI=1S/C15H20N4O2.HI/c1-3-16-15(18-11-13-8-9-21-19-13)17-10-12-6-4-5-7-14(12)20-2;/h4-9H,3,10-11H2,1-2H3,(H2,16,17,18);1H. The van der Waals surface area contributed by atoms with Crippen molar-refractivity contribution >= 4 is 29.9 Å². The predicted octanol–water partition coefficient (Wildman–Crippen LogP) is 2.56. The van der Waals surface area contributed by atoms with Crippen LogP contribution in [0.25, 0.3) is 0 Å². The molecule has 0 atom stereocenters. The Morgan fingerprint density at radius 3 is 2.77 bits per heavy atom. The van der Waals surface area contributed by atoms with Gasteiger partial charge in [0.2, 0.25) is 0 Å². The number of hydrogen-bond acceptors (Lipinski definition) is 4. The van der Waals surface area contributed by atoms with Crippen LogP contribution in [0.3, 0.4) is 0 Å². The van der Waals surface area contributed by atoms with E-state index in [0.29, 0.717) is 13.1 Å². The molecular formula is C15H21IN4O2. The van der Waals surface area contributed by atoms with Gasteiger partial charge in [0.15, 0.2) is 5.96 Å². The van der Waals surface area contributed by atoms with E-state index in [1.54, 1.807) is 13.4 Å². The zero-order valence-corrected chi connectivity index (χ0v) is 15.0. The van der Waals surface area contributed by atoms with Crippen LogP contribution in [0.4, 0.5) is 0 Å². The monoisotopic (exact) mass is 416 g/mol. The molecule has 1 aromatic carbocycles. The molecule has 0 spiro atoms. The van der Waals surface area contributed by atoms with Crippen LogP contribution in [-0.2, 0) is 13.1 Å². The maximum atomic E-state index is 5.32. The summed E-state index contributed by atoms with van der Waals surface area (Å²) in [4.78, 5) is 4.55. The number of nitrogens with one attached hydrogen (secondary N) is 2. The van der Waals surface area contributed by atoms with Crippen molar-refractivity contribution in [1.82, 2.24) is 15.8 Å². The lowest BCUT2D eigenvalue weighted by Crippen LogP contribution is -2.36. The molecule has 2 aromatic rings. The third-order valence-corrected chi connectivity index (χ3v) is 2.87. The summed E-state index contributed by atoms with van der Waals surface area (Å²) in [7, 11) is 1.66. The Bertz CT molecular complexity index is 573. The number of nitrogens with zero attached hydrogens (tertiary/aromatic N) is 2. The second-order valence-electron chi connectivity index (χ2n) is 4.35. The smallest absolute Gasteiger partial charge is 0.191 e. The fourth-order valence-corrected chi connectivity index (χ4v) is 1.84. The average Bonchev–Trinajstić information content (AvgIpc) is 3.03. The van der Waals surface area contributed by atoms with Crippen molar-refractivity contribution in [3.05, 3.63) is 47.9 Å². The molecule has 6 nitrogen and oxygen atoms in total. The third-order valence-electron chi connectivity index (χ3n) is 2.87. The van der Waals surface area contributed by atoms with E-state index in [0.717, 1.165) is 29.5 Å². The first-order chi connectivity index (χ1) is 10.3. The molecule has 0 amide bonds. The Balaban J connectivity index is 0.00000242. The van der Waals surface area contributed by atoms with Gasteiger partial charge in [0, 0.05) is 18.2 Å². The summed E-state index contributed by atoms with van der Waals surface area (Å²) in [5.74, 6) is 1.57. The summed E-state index contributed by atoms with van der Waals surface area (Å²) in [5.41, 5.74) is 1.87. The number of hydrogen-bond donors (Lipinski definition) is 2. The molecule has 0 aliphatic carbocycles. The highest BCUT2D eigenvalue weighted by molar-refractivity contribution is 14.0. The fourth-order valence-electron chi connectivity index (χ4n) is 1.84. The lowest BCUT2D eigenvalue weighted by Gasteiger charge is -2.11. The highest BCUT2D eigenvalue weighted by Gasteiger charge is 2.03. The summed E-state index contributed by atoms with van der Waals surface area (Å²) in [6.45, 7) is 3.92. The molecule has 0 fully saturated rings.